The maximum atomic E-state index is 12.3. The van der Waals surface area contributed by atoms with Crippen molar-refractivity contribution in [2.45, 2.75) is 33.0 Å². The first-order valence-electron chi connectivity index (χ1n) is 8.16. The summed E-state index contributed by atoms with van der Waals surface area (Å²) in [6.07, 6.45) is 0.921. The van der Waals surface area contributed by atoms with E-state index in [1.165, 1.54) is 5.56 Å². The number of fused-ring (bicyclic) bond motifs is 1. The highest BCUT2D eigenvalue weighted by atomic mass is 16.2. The second-order valence-electron chi connectivity index (χ2n) is 6.12. The predicted molar refractivity (Wildman–Crippen MR) is 89.9 cm³/mol. The van der Waals surface area contributed by atoms with Crippen LogP contribution in [0.25, 0.3) is 0 Å². The van der Waals surface area contributed by atoms with Gasteiger partial charge in [0.15, 0.2) is 5.69 Å². The van der Waals surface area contributed by atoms with Gasteiger partial charge in [-0.25, -0.2) is 0 Å². The van der Waals surface area contributed by atoms with E-state index in [9.17, 15) is 4.79 Å². The Hall–Kier alpha value is -2.65. The van der Waals surface area contributed by atoms with Crippen molar-refractivity contribution in [2.75, 3.05) is 13.1 Å². The van der Waals surface area contributed by atoms with Crippen LogP contribution in [0, 0.1) is 18.3 Å². The summed E-state index contributed by atoms with van der Waals surface area (Å²) in [6.45, 7) is 5.24. The average Bonchev–Trinajstić information content (AvgIpc) is 2.87. The summed E-state index contributed by atoms with van der Waals surface area (Å²) in [4.78, 5) is 14.4. The van der Waals surface area contributed by atoms with Crippen LogP contribution < -0.4 is 5.32 Å². The summed E-state index contributed by atoms with van der Waals surface area (Å²) >= 11 is 0. The standard InChI is InChI=1S/C18H21N5O/c1-14-5-2-3-6-15(14)11-20-18(24)13-22-7-4-8-23-17(12-22)9-16(10-19)21-23/h2-3,5-6,9H,4,7-8,11-13H2,1H3,(H,20,24). The van der Waals surface area contributed by atoms with E-state index in [1.54, 1.807) is 0 Å². The summed E-state index contributed by atoms with van der Waals surface area (Å²) in [5, 5.41) is 16.2. The molecule has 0 atom stereocenters. The molecule has 1 aromatic carbocycles. The van der Waals surface area contributed by atoms with Crippen molar-refractivity contribution < 1.29 is 4.79 Å². The van der Waals surface area contributed by atoms with E-state index in [0.29, 0.717) is 25.3 Å². The van der Waals surface area contributed by atoms with Crippen LogP contribution in [0.4, 0.5) is 0 Å². The lowest BCUT2D eigenvalue weighted by molar-refractivity contribution is -0.122. The van der Waals surface area contributed by atoms with Crippen LogP contribution >= 0.6 is 0 Å². The summed E-state index contributed by atoms with van der Waals surface area (Å²) in [7, 11) is 0. The molecule has 6 heteroatoms. The normalized spacial score (nSPS) is 14.5. The van der Waals surface area contributed by atoms with Crippen molar-refractivity contribution in [1.82, 2.24) is 20.0 Å². The molecule has 1 N–H and O–H groups in total. The molecule has 0 saturated carbocycles. The molecule has 1 aliphatic rings. The molecule has 1 aromatic heterocycles. The van der Waals surface area contributed by atoms with Gasteiger partial charge in [0.25, 0.3) is 0 Å². The molecule has 124 valence electrons. The Balaban J connectivity index is 1.56. The zero-order chi connectivity index (χ0) is 16.9. The number of nitriles is 1. The minimum Gasteiger partial charge on any atom is -0.351 e. The molecule has 0 radical (unpaired) electrons. The quantitative estimate of drug-likeness (QED) is 0.927. The van der Waals surface area contributed by atoms with Gasteiger partial charge in [0.1, 0.15) is 6.07 Å². The highest BCUT2D eigenvalue weighted by molar-refractivity contribution is 5.78. The Morgan fingerprint density at radius 3 is 3.00 bits per heavy atom. The van der Waals surface area contributed by atoms with Crippen molar-refractivity contribution >= 4 is 5.91 Å². The highest BCUT2D eigenvalue weighted by Gasteiger charge is 2.18. The minimum absolute atomic E-state index is 0.0201. The molecule has 3 rings (SSSR count). The number of benzene rings is 1. The number of nitrogens with one attached hydrogen (secondary N) is 1. The molecule has 0 saturated heterocycles. The Labute approximate surface area is 141 Å². The Morgan fingerprint density at radius 2 is 2.21 bits per heavy atom. The number of hydrogen-bond acceptors (Lipinski definition) is 4. The zero-order valence-electron chi connectivity index (χ0n) is 13.8. The zero-order valence-corrected chi connectivity index (χ0v) is 13.8. The summed E-state index contributed by atoms with van der Waals surface area (Å²) in [5.74, 6) is 0.0201. The third-order valence-electron chi connectivity index (χ3n) is 4.31. The molecular weight excluding hydrogens is 302 g/mol. The lowest BCUT2D eigenvalue weighted by atomic mass is 10.1. The molecule has 2 heterocycles. The van der Waals surface area contributed by atoms with Gasteiger partial charge in [-0.1, -0.05) is 24.3 Å². The van der Waals surface area contributed by atoms with Gasteiger partial charge in [0, 0.05) is 26.2 Å². The molecule has 1 aliphatic heterocycles. The number of aromatic nitrogens is 2. The Kier molecular flexibility index (Phi) is 4.92. The molecule has 0 bridgehead atoms. The monoisotopic (exact) mass is 323 g/mol. The van der Waals surface area contributed by atoms with E-state index in [2.05, 4.69) is 21.4 Å². The molecule has 0 aliphatic carbocycles. The fourth-order valence-corrected chi connectivity index (χ4v) is 2.98. The molecule has 6 nitrogen and oxygen atoms in total. The lowest BCUT2D eigenvalue weighted by Gasteiger charge is -2.19. The van der Waals surface area contributed by atoms with Gasteiger partial charge in [-0.2, -0.15) is 10.4 Å². The van der Waals surface area contributed by atoms with Crippen LogP contribution in [-0.2, 0) is 24.4 Å². The Bertz CT molecular complexity index is 774. The van der Waals surface area contributed by atoms with Crippen LogP contribution in [0.1, 0.15) is 28.9 Å². The van der Waals surface area contributed by atoms with E-state index in [-0.39, 0.29) is 5.91 Å². The van der Waals surface area contributed by atoms with Gasteiger partial charge in [0.05, 0.1) is 12.2 Å². The third kappa shape index (κ3) is 3.81. The number of carbonyl (C=O) groups is 1. The fraction of sp³-hybridized carbons (Fsp3) is 0.389. The van der Waals surface area contributed by atoms with E-state index in [4.69, 9.17) is 5.26 Å². The van der Waals surface area contributed by atoms with Gasteiger partial charge in [-0.05, 0) is 30.5 Å². The number of nitrogens with zero attached hydrogens (tertiary/aromatic N) is 4. The molecule has 0 unspecified atom stereocenters. The van der Waals surface area contributed by atoms with Crippen LogP contribution in [0.15, 0.2) is 30.3 Å². The van der Waals surface area contributed by atoms with Crippen LogP contribution in [0.5, 0.6) is 0 Å². The van der Waals surface area contributed by atoms with E-state index < -0.39 is 0 Å². The van der Waals surface area contributed by atoms with Gasteiger partial charge in [-0.3, -0.25) is 14.4 Å². The lowest BCUT2D eigenvalue weighted by Crippen LogP contribution is -2.36. The van der Waals surface area contributed by atoms with Crippen molar-refractivity contribution in [3.8, 4) is 6.07 Å². The maximum absolute atomic E-state index is 12.3. The molecule has 0 spiro atoms. The van der Waals surface area contributed by atoms with E-state index in [0.717, 1.165) is 30.8 Å². The molecule has 24 heavy (non-hydrogen) atoms. The average molecular weight is 323 g/mol. The summed E-state index contributed by atoms with van der Waals surface area (Å²) in [5.41, 5.74) is 3.76. The summed E-state index contributed by atoms with van der Waals surface area (Å²) < 4.78 is 1.88. The van der Waals surface area contributed by atoms with Crippen molar-refractivity contribution in [3.05, 3.63) is 52.8 Å². The number of rotatable bonds is 4. The van der Waals surface area contributed by atoms with Gasteiger partial charge >= 0.3 is 0 Å². The second-order valence-corrected chi connectivity index (χ2v) is 6.12. The van der Waals surface area contributed by atoms with E-state index >= 15 is 0 Å². The minimum atomic E-state index is 0.0201. The van der Waals surface area contributed by atoms with E-state index in [1.807, 2.05) is 41.9 Å². The fourth-order valence-electron chi connectivity index (χ4n) is 2.98. The van der Waals surface area contributed by atoms with Crippen molar-refractivity contribution in [3.63, 3.8) is 0 Å². The number of carbonyl (C=O) groups excluding carboxylic acids is 1. The second kappa shape index (κ2) is 7.28. The first-order valence-corrected chi connectivity index (χ1v) is 8.16. The largest absolute Gasteiger partial charge is 0.351 e. The third-order valence-corrected chi connectivity index (χ3v) is 4.31. The first-order chi connectivity index (χ1) is 11.7. The van der Waals surface area contributed by atoms with Crippen molar-refractivity contribution in [1.29, 1.82) is 5.26 Å². The molecular formula is C18H21N5O. The highest BCUT2D eigenvalue weighted by Crippen LogP contribution is 2.13. The summed E-state index contributed by atoms with van der Waals surface area (Å²) in [6, 6.07) is 11.9. The molecule has 1 amide bonds. The van der Waals surface area contributed by atoms with Gasteiger partial charge in [-0.15, -0.1) is 0 Å². The molecule has 2 aromatic rings. The van der Waals surface area contributed by atoms with Crippen molar-refractivity contribution in [2.24, 2.45) is 0 Å². The van der Waals surface area contributed by atoms with Crippen LogP contribution in [0.3, 0.4) is 0 Å². The number of hydrogen-bond donors (Lipinski definition) is 1. The maximum Gasteiger partial charge on any atom is 0.234 e. The van der Waals surface area contributed by atoms with Gasteiger partial charge in [0.2, 0.25) is 5.91 Å². The SMILES string of the molecule is Cc1ccccc1CNC(=O)CN1CCCn2nc(C#N)cc2C1. The first kappa shape index (κ1) is 16.2. The smallest absolute Gasteiger partial charge is 0.234 e. The number of aryl methyl sites for hydroxylation is 2. The Morgan fingerprint density at radius 1 is 1.38 bits per heavy atom. The van der Waals surface area contributed by atoms with Gasteiger partial charge < -0.3 is 5.32 Å². The number of amides is 1. The predicted octanol–water partition coefficient (Wildman–Crippen LogP) is 1.59. The van der Waals surface area contributed by atoms with Crippen LogP contribution in [0.2, 0.25) is 0 Å². The molecule has 0 fully saturated rings. The topological polar surface area (TPSA) is 74.0 Å². The van der Waals surface area contributed by atoms with Crippen LogP contribution in [-0.4, -0.2) is 33.7 Å².